The Bertz CT molecular complexity index is 623. The average Bonchev–Trinajstić information content (AvgIpc) is 2.79. The van der Waals surface area contributed by atoms with Crippen LogP contribution >= 0.6 is 11.6 Å². The molecule has 1 aromatic carbocycles. The smallest absolute Gasteiger partial charge is 0.426 e. The van der Waals surface area contributed by atoms with Crippen LogP contribution in [0.4, 0.5) is 4.79 Å². The van der Waals surface area contributed by atoms with Crippen LogP contribution < -0.4 is 10.9 Å². The highest BCUT2D eigenvalue weighted by atomic mass is 35.5. The van der Waals surface area contributed by atoms with Crippen molar-refractivity contribution in [2.24, 2.45) is 0 Å². The topological polar surface area (TPSA) is 80.6 Å². The van der Waals surface area contributed by atoms with Crippen LogP contribution in [-0.4, -0.2) is 18.6 Å². The van der Waals surface area contributed by atoms with Gasteiger partial charge in [0.25, 0.3) is 0 Å². The van der Waals surface area contributed by atoms with Crippen LogP contribution in [0.25, 0.3) is 11.0 Å². The van der Waals surface area contributed by atoms with Crippen molar-refractivity contribution in [3.63, 3.8) is 0 Å². The SMILES string of the molecule is CCOC(=O)NNC(=O)c1cc2cc(Cl)ccc2o1. The fourth-order valence-electron chi connectivity index (χ4n) is 1.46. The summed E-state index contributed by atoms with van der Waals surface area (Å²) >= 11 is 5.83. The zero-order chi connectivity index (χ0) is 13.8. The Morgan fingerprint density at radius 2 is 2.11 bits per heavy atom. The van der Waals surface area contributed by atoms with Gasteiger partial charge in [-0.15, -0.1) is 0 Å². The number of carbonyl (C=O) groups excluding carboxylic acids is 2. The molecule has 2 N–H and O–H groups in total. The molecule has 1 aromatic heterocycles. The van der Waals surface area contributed by atoms with Gasteiger partial charge in [0.15, 0.2) is 5.76 Å². The second-order valence-electron chi connectivity index (χ2n) is 3.59. The van der Waals surface area contributed by atoms with E-state index >= 15 is 0 Å². The Kier molecular flexibility index (Phi) is 3.91. The van der Waals surface area contributed by atoms with Gasteiger partial charge in [-0.1, -0.05) is 11.6 Å². The molecule has 0 saturated heterocycles. The van der Waals surface area contributed by atoms with Crippen LogP contribution in [0.15, 0.2) is 28.7 Å². The van der Waals surface area contributed by atoms with Crippen molar-refractivity contribution in [3.05, 3.63) is 35.0 Å². The summed E-state index contributed by atoms with van der Waals surface area (Å²) in [7, 11) is 0. The van der Waals surface area contributed by atoms with E-state index < -0.39 is 12.0 Å². The van der Waals surface area contributed by atoms with Crippen LogP contribution in [0.3, 0.4) is 0 Å². The third-order valence-electron chi connectivity index (χ3n) is 2.26. The lowest BCUT2D eigenvalue weighted by Gasteiger charge is -2.04. The molecule has 2 aromatic rings. The Labute approximate surface area is 113 Å². The Balaban J connectivity index is 2.07. The molecule has 0 saturated carbocycles. The molecule has 19 heavy (non-hydrogen) atoms. The molecular formula is C12H11ClN2O4. The number of hydrazine groups is 1. The average molecular weight is 283 g/mol. The van der Waals surface area contributed by atoms with E-state index in [1.807, 2.05) is 0 Å². The van der Waals surface area contributed by atoms with Crippen LogP contribution in [-0.2, 0) is 4.74 Å². The summed E-state index contributed by atoms with van der Waals surface area (Å²) in [6.07, 6.45) is -0.741. The second kappa shape index (κ2) is 5.62. The molecule has 6 nitrogen and oxygen atoms in total. The van der Waals surface area contributed by atoms with Crippen molar-refractivity contribution in [2.45, 2.75) is 6.92 Å². The number of hydrogen-bond donors (Lipinski definition) is 2. The van der Waals surface area contributed by atoms with E-state index in [2.05, 4.69) is 15.6 Å². The van der Waals surface area contributed by atoms with E-state index in [4.69, 9.17) is 16.0 Å². The molecule has 2 amide bonds. The van der Waals surface area contributed by atoms with Gasteiger partial charge in [0.05, 0.1) is 6.61 Å². The molecule has 0 aliphatic rings. The van der Waals surface area contributed by atoms with Crippen LogP contribution in [0.2, 0.25) is 5.02 Å². The lowest BCUT2D eigenvalue weighted by molar-refractivity contribution is 0.0888. The summed E-state index contributed by atoms with van der Waals surface area (Å²) in [5.41, 5.74) is 4.79. The molecule has 0 bridgehead atoms. The second-order valence-corrected chi connectivity index (χ2v) is 4.03. The number of fused-ring (bicyclic) bond motifs is 1. The molecule has 0 fully saturated rings. The van der Waals surface area contributed by atoms with Gasteiger partial charge in [0, 0.05) is 10.4 Å². The Morgan fingerprint density at radius 3 is 2.84 bits per heavy atom. The number of rotatable bonds is 2. The number of nitrogens with one attached hydrogen (secondary N) is 2. The van der Waals surface area contributed by atoms with E-state index in [-0.39, 0.29) is 12.4 Å². The minimum absolute atomic E-state index is 0.0639. The normalized spacial score (nSPS) is 10.2. The van der Waals surface area contributed by atoms with Gasteiger partial charge < -0.3 is 9.15 Å². The van der Waals surface area contributed by atoms with E-state index in [1.165, 1.54) is 6.07 Å². The zero-order valence-electron chi connectivity index (χ0n) is 10.0. The molecule has 0 aliphatic carbocycles. The fourth-order valence-corrected chi connectivity index (χ4v) is 1.64. The van der Waals surface area contributed by atoms with E-state index in [9.17, 15) is 9.59 Å². The summed E-state index contributed by atoms with van der Waals surface area (Å²) < 4.78 is 9.90. The highest BCUT2D eigenvalue weighted by Crippen LogP contribution is 2.22. The minimum atomic E-state index is -0.741. The number of ether oxygens (including phenoxy) is 1. The van der Waals surface area contributed by atoms with Crippen molar-refractivity contribution in [2.75, 3.05) is 6.61 Å². The zero-order valence-corrected chi connectivity index (χ0v) is 10.8. The van der Waals surface area contributed by atoms with Crippen molar-refractivity contribution >= 4 is 34.6 Å². The van der Waals surface area contributed by atoms with Crippen LogP contribution in [0.1, 0.15) is 17.5 Å². The van der Waals surface area contributed by atoms with Gasteiger partial charge in [-0.25, -0.2) is 10.2 Å². The first-order chi connectivity index (χ1) is 9.10. The highest BCUT2D eigenvalue weighted by molar-refractivity contribution is 6.31. The van der Waals surface area contributed by atoms with Crippen molar-refractivity contribution in [1.29, 1.82) is 0 Å². The summed E-state index contributed by atoms with van der Waals surface area (Å²) in [6, 6.07) is 6.53. The predicted octanol–water partition coefficient (Wildman–Crippen LogP) is 2.48. The number of amides is 2. The highest BCUT2D eigenvalue weighted by Gasteiger charge is 2.13. The first kappa shape index (κ1) is 13.2. The molecule has 0 atom stereocenters. The third-order valence-corrected chi connectivity index (χ3v) is 2.49. The molecule has 7 heteroatoms. The number of furan rings is 1. The van der Waals surface area contributed by atoms with Gasteiger partial charge >= 0.3 is 12.0 Å². The van der Waals surface area contributed by atoms with Crippen molar-refractivity contribution in [1.82, 2.24) is 10.9 Å². The number of hydrogen-bond acceptors (Lipinski definition) is 4. The van der Waals surface area contributed by atoms with Gasteiger partial charge in [0.2, 0.25) is 0 Å². The summed E-state index contributed by atoms with van der Waals surface area (Å²) in [5.74, 6) is -0.519. The number of benzene rings is 1. The summed E-state index contributed by atoms with van der Waals surface area (Å²) in [6.45, 7) is 1.87. The van der Waals surface area contributed by atoms with Crippen LogP contribution in [0, 0.1) is 0 Å². The quantitative estimate of drug-likeness (QED) is 0.829. The number of carbonyl (C=O) groups is 2. The first-order valence-corrected chi connectivity index (χ1v) is 5.90. The lowest BCUT2D eigenvalue weighted by atomic mass is 10.2. The maximum atomic E-state index is 11.7. The standard InChI is InChI=1S/C12H11ClN2O4/c1-2-18-12(17)15-14-11(16)10-6-7-5-8(13)3-4-9(7)19-10/h3-6H,2H2,1H3,(H,14,16)(H,15,17). The lowest BCUT2D eigenvalue weighted by Crippen LogP contribution is -2.41. The van der Waals surface area contributed by atoms with Gasteiger partial charge in [-0.2, -0.15) is 0 Å². The summed E-state index contributed by atoms with van der Waals surface area (Å²) in [5, 5.41) is 1.25. The van der Waals surface area contributed by atoms with Gasteiger partial charge in [-0.05, 0) is 31.2 Å². The number of halogens is 1. The monoisotopic (exact) mass is 282 g/mol. The maximum Gasteiger partial charge on any atom is 0.426 e. The van der Waals surface area contributed by atoms with E-state index in [1.54, 1.807) is 25.1 Å². The van der Waals surface area contributed by atoms with Crippen LogP contribution in [0.5, 0.6) is 0 Å². The Morgan fingerprint density at radius 1 is 1.32 bits per heavy atom. The molecule has 0 aliphatic heterocycles. The largest absolute Gasteiger partial charge is 0.451 e. The predicted molar refractivity (Wildman–Crippen MR) is 68.8 cm³/mol. The minimum Gasteiger partial charge on any atom is -0.451 e. The molecule has 0 radical (unpaired) electrons. The fraction of sp³-hybridized carbons (Fsp3) is 0.167. The molecular weight excluding hydrogens is 272 g/mol. The molecule has 0 unspecified atom stereocenters. The molecule has 0 spiro atoms. The van der Waals surface area contributed by atoms with Gasteiger partial charge in [0.1, 0.15) is 5.58 Å². The first-order valence-electron chi connectivity index (χ1n) is 5.52. The molecule has 100 valence electrons. The summed E-state index contributed by atoms with van der Waals surface area (Å²) in [4.78, 5) is 22.7. The van der Waals surface area contributed by atoms with Crippen molar-refractivity contribution < 1.29 is 18.7 Å². The maximum absolute atomic E-state index is 11.7. The molecule has 2 rings (SSSR count). The van der Waals surface area contributed by atoms with Crippen molar-refractivity contribution in [3.8, 4) is 0 Å². The Hall–Kier alpha value is -2.21. The van der Waals surface area contributed by atoms with E-state index in [0.29, 0.717) is 16.0 Å². The molecule has 1 heterocycles. The third kappa shape index (κ3) is 3.17. The van der Waals surface area contributed by atoms with Gasteiger partial charge in [-0.3, -0.25) is 10.2 Å². The van der Waals surface area contributed by atoms with E-state index in [0.717, 1.165) is 0 Å².